The van der Waals surface area contributed by atoms with Gasteiger partial charge in [-0.15, -0.1) is 0 Å². The number of carbonyl (C=O) groups excluding carboxylic acids is 1. The number of imidazole rings is 1. The minimum absolute atomic E-state index is 0.214. The number of aromatic amines is 1. The first-order valence-corrected chi connectivity index (χ1v) is 8.37. The summed E-state index contributed by atoms with van der Waals surface area (Å²) in [4.78, 5) is 32.2. The Morgan fingerprint density at radius 2 is 1.96 bits per heavy atom. The van der Waals surface area contributed by atoms with Crippen LogP contribution in [0.4, 0.5) is 0 Å². The molecular formula is C20H17N3O3. The smallest absolute Gasteiger partial charge is 0.338 e. The number of rotatable bonds is 3. The maximum absolute atomic E-state index is 12.6. The summed E-state index contributed by atoms with van der Waals surface area (Å²) in [6, 6.07) is 14.7. The Balaban J connectivity index is 2.10. The average Bonchev–Trinajstić information content (AvgIpc) is 3.01. The van der Waals surface area contributed by atoms with Gasteiger partial charge in [0.25, 0.3) is 5.56 Å². The van der Waals surface area contributed by atoms with Crippen molar-refractivity contribution in [2.75, 3.05) is 6.61 Å². The molecule has 0 spiro atoms. The lowest BCUT2D eigenvalue weighted by Gasteiger charge is -2.08. The maximum atomic E-state index is 12.6. The number of hydrogen-bond donors (Lipinski definition) is 1. The minimum atomic E-state index is -0.396. The molecule has 0 radical (unpaired) electrons. The molecule has 0 atom stereocenters. The van der Waals surface area contributed by atoms with Crippen molar-refractivity contribution < 1.29 is 9.53 Å². The number of ether oxygens (including phenoxy) is 1. The summed E-state index contributed by atoms with van der Waals surface area (Å²) in [6.45, 7) is 3.87. The van der Waals surface area contributed by atoms with Gasteiger partial charge < -0.3 is 9.72 Å². The van der Waals surface area contributed by atoms with Crippen LogP contribution in [0.3, 0.4) is 0 Å². The van der Waals surface area contributed by atoms with Crippen molar-refractivity contribution in [1.82, 2.24) is 14.4 Å². The second-order valence-corrected chi connectivity index (χ2v) is 5.98. The predicted octanol–water partition coefficient (Wildman–Crippen LogP) is 3.33. The fourth-order valence-electron chi connectivity index (χ4n) is 3.16. The van der Waals surface area contributed by atoms with E-state index in [0.717, 1.165) is 5.56 Å². The van der Waals surface area contributed by atoms with Crippen LogP contribution in [0.1, 0.15) is 23.0 Å². The van der Waals surface area contributed by atoms with Crippen molar-refractivity contribution in [3.63, 3.8) is 0 Å². The number of nitrogens with one attached hydrogen (secondary N) is 1. The molecule has 26 heavy (non-hydrogen) atoms. The van der Waals surface area contributed by atoms with Crippen molar-refractivity contribution in [2.45, 2.75) is 13.8 Å². The van der Waals surface area contributed by atoms with Crippen molar-refractivity contribution in [3.8, 4) is 11.4 Å². The molecule has 0 bridgehead atoms. The molecule has 0 saturated carbocycles. The predicted molar refractivity (Wildman–Crippen MR) is 99.4 cm³/mol. The van der Waals surface area contributed by atoms with E-state index in [4.69, 9.17) is 4.74 Å². The SMILES string of the molecule is CCOC(=O)c1ccc2[nH]c(=O)c3c(C)nc(-c4ccccc4)n3c2c1. The largest absolute Gasteiger partial charge is 0.462 e. The van der Waals surface area contributed by atoms with Crippen LogP contribution in [0.15, 0.2) is 53.3 Å². The molecular weight excluding hydrogens is 330 g/mol. The summed E-state index contributed by atoms with van der Waals surface area (Å²) in [7, 11) is 0. The van der Waals surface area contributed by atoms with Gasteiger partial charge in [0.15, 0.2) is 0 Å². The fraction of sp³-hybridized carbons (Fsp3) is 0.150. The number of fused-ring (bicyclic) bond motifs is 3. The highest BCUT2D eigenvalue weighted by Gasteiger charge is 2.17. The van der Waals surface area contributed by atoms with E-state index in [1.54, 1.807) is 32.0 Å². The van der Waals surface area contributed by atoms with Crippen LogP contribution in [0.5, 0.6) is 0 Å². The quantitative estimate of drug-likeness (QED) is 0.577. The topological polar surface area (TPSA) is 76.5 Å². The summed E-state index contributed by atoms with van der Waals surface area (Å²) in [5.74, 6) is 0.266. The van der Waals surface area contributed by atoms with Gasteiger partial charge in [0.1, 0.15) is 11.3 Å². The van der Waals surface area contributed by atoms with Gasteiger partial charge in [-0.2, -0.15) is 0 Å². The van der Waals surface area contributed by atoms with Gasteiger partial charge in [0.2, 0.25) is 0 Å². The summed E-state index contributed by atoms with van der Waals surface area (Å²) in [5, 5.41) is 0. The zero-order valence-electron chi connectivity index (χ0n) is 14.4. The van der Waals surface area contributed by atoms with Crippen LogP contribution in [0.25, 0.3) is 27.9 Å². The molecule has 6 heteroatoms. The molecule has 130 valence electrons. The molecule has 6 nitrogen and oxygen atoms in total. The van der Waals surface area contributed by atoms with Gasteiger partial charge in [-0.3, -0.25) is 9.20 Å². The first-order valence-electron chi connectivity index (χ1n) is 8.37. The first-order chi connectivity index (χ1) is 12.6. The zero-order chi connectivity index (χ0) is 18.3. The standard InChI is InChI=1S/C20H17N3O3/c1-3-26-20(25)14-9-10-15-16(11-14)23-17(19(24)22-15)12(2)21-18(23)13-7-5-4-6-8-13/h4-11H,3H2,1-2H3,(H,22,24). The van der Waals surface area contributed by atoms with Crippen LogP contribution in [-0.4, -0.2) is 26.9 Å². The molecule has 0 aliphatic carbocycles. The third kappa shape index (κ3) is 2.47. The number of carbonyl (C=O) groups is 1. The molecule has 2 aromatic carbocycles. The molecule has 0 saturated heterocycles. The maximum Gasteiger partial charge on any atom is 0.338 e. The van der Waals surface area contributed by atoms with Crippen LogP contribution in [-0.2, 0) is 4.74 Å². The normalized spacial score (nSPS) is 11.2. The Hall–Kier alpha value is -3.41. The van der Waals surface area contributed by atoms with Crippen molar-refractivity contribution in [2.24, 2.45) is 0 Å². The minimum Gasteiger partial charge on any atom is -0.462 e. The molecule has 0 unspecified atom stereocenters. The number of hydrogen-bond acceptors (Lipinski definition) is 4. The van der Waals surface area contributed by atoms with Gasteiger partial charge >= 0.3 is 5.97 Å². The van der Waals surface area contributed by atoms with Gasteiger partial charge in [-0.25, -0.2) is 9.78 Å². The lowest BCUT2D eigenvalue weighted by atomic mass is 10.1. The second-order valence-electron chi connectivity index (χ2n) is 5.98. The number of aryl methyl sites for hydroxylation is 1. The van der Waals surface area contributed by atoms with Gasteiger partial charge in [0.05, 0.1) is 28.9 Å². The van der Waals surface area contributed by atoms with Crippen molar-refractivity contribution >= 4 is 22.5 Å². The van der Waals surface area contributed by atoms with Crippen LogP contribution in [0, 0.1) is 6.92 Å². The van der Waals surface area contributed by atoms with Gasteiger partial charge in [0, 0.05) is 5.56 Å². The summed E-state index contributed by atoms with van der Waals surface area (Å²) in [5.41, 5.74) is 3.54. The number of esters is 1. The lowest BCUT2D eigenvalue weighted by molar-refractivity contribution is 0.0526. The third-order valence-corrected chi connectivity index (χ3v) is 4.30. The number of nitrogens with zero attached hydrogens (tertiary/aromatic N) is 2. The van der Waals surface area contributed by atoms with Crippen molar-refractivity contribution in [1.29, 1.82) is 0 Å². The summed E-state index contributed by atoms with van der Waals surface area (Å²) < 4.78 is 6.90. The Bertz CT molecular complexity index is 1190. The molecule has 2 aromatic heterocycles. The second kappa shape index (κ2) is 6.15. The van der Waals surface area contributed by atoms with Gasteiger partial charge in [-0.05, 0) is 32.0 Å². The first kappa shape index (κ1) is 16.1. The van der Waals surface area contributed by atoms with Crippen LogP contribution < -0.4 is 5.56 Å². The Labute approximate surface area is 149 Å². The molecule has 4 aromatic rings. The summed E-state index contributed by atoms with van der Waals surface area (Å²) >= 11 is 0. The fourth-order valence-corrected chi connectivity index (χ4v) is 3.16. The molecule has 4 rings (SSSR count). The van der Waals surface area contributed by atoms with E-state index in [-0.39, 0.29) is 5.56 Å². The van der Waals surface area contributed by atoms with Gasteiger partial charge in [-0.1, -0.05) is 30.3 Å². The van der Waals surface area contributed by atoms with E-state index in [0.29, 0.717) is 40.2 Å². The summed E-state index contributed by atoms with van der Waals surface area (Å²) in [6.07, 6.45) is 0. The number of benzene rings is 2. The van der Waals surface area contributed by atoms with E-state index >= 15 is 0 Å². The molecule has 0 fully saturated rings. The van der Waals surface area contributed by atoms with Crippen LogP contribution >= 0.6 is 0 Å². The zero-order valence-corrected chi connectivity index (χ0v) is 14.4. The molecule has 2 heterocycles. The third-order valence-electron chi connectivity index (χ3n) is 4.30. The van der Waals surface area contributed by atoms with E-state index in [1.807, 2.05) is 34.7 Å². The van der Waals surface area contributed by atoms with E-state index in [2.05, 4.69) is 9.97 Å². The lowest BCUT2D eigenvalue weighted by Crippen LogP contribution is -2.12. The van der Waals surface area contributed by atoms with Crippen LogP contribution in [0.2, 0.25) is 0 Å². The monoisotopic (exact) mass is 347 g/mol. The Morgan fingerprint density at radius 1 is 1.19 bits per heavy atom. The van der Waals surface area contributed by atoms with E-state index < -0.39 is 5.97 Å². The Kier molecular flexibility index (Phi) is 3.80. The molecule has 0 aliphatic heterocycles. The average molecular weight is 347 g/mol. The highest BCUT2D eigenvalue weighted by Crippen LogP contribution is 2.25. The molecule has 0 amide bonds. The number of H-pyrrole nitrogens is 1. The van der Waals surface area contributed by atoms with Crippen molar-refractivity contribution in [3.05, 3.63) is 70.1 Å². The molecule has 1 N–H and O–H groups in total. The highest BCUT2D eigenvalue weighted by molar-refractivity contribution is 5.94. The number of aromatic nitrogens is 3. The highest BCUT2D eigenvalue weighted by atomic mass is 16.5. The van der Waals surface area contributed by atoms with E-state index in [9.17, 15) is 9.59 Å². The van der Waals surface area contributed by atoms with E-state index in [1.165, 1.54) is 0 Å². The molecule has 0 aliphatic rings. The Morgan fingerprint density at radius 3 is 2.69 bits per heavy atom.